The number of fused-ring (bicyclic) bond motifs is 2. The summed E-state index contributed by atoms with van der Waals surface area (Å²) < 4.78 is 0. The Kier molecular flexibility index (Phi) is 5.89. The van der Waals surface area contributed by atoms with Gasteiger partial charge < -0.3 is 16.4 Å². The maximum absolute atomic E-state index is 12.7. The third-order valence-electron chi connectivity index (χ3n) is 6.53. The molecule has 27 heavy (non-hydrogen) atoms. The van der Waals surface area contributed by atoms with Crippen molar-refractivity contribution in [3.8, 4) is 0 Å². The van der Waals surface area contributed by atoms with Gasteiger partial charge in [-0.25, -0.2) is 0 Å². The Morgan fingerprint density at radius 2 is 1.70 bits per heavy atom. The van der Waals surface area contributed by atoms with Crippen molar-refractivity contribution in [2.24, 2.45) is 23.5 Å². The van der Waals surface area contributed by atoms with Gasteiger partial charge in [0.15, 0.2) is 0 Å². The largest absolute Gasteiger partial charge is 0.347 e. The molecule has 1 aromatic carbocycles. The zero-order chi connectivity index (χ0) is 19.6. The third-order valence-corrected chi connectivity index (χ3v) is 6.53. The lowest BCUT2D eigenvalue weighted by Crippen LogP contribution is -2.48. The molecule has 2 bridgehead atoms. The maximum atomic E-state index is 12.7. The minimum atomic E-state index is -0.232. The molecule has 2 amide bonds. The molecule has 0 spiro atoms. The van der Waals surface area contributed by atoms with Gasteiger partial charge in [0.2, 0.25) is 5.91 Å². The Balaban J connectivity index is 1.58. The molecule has 5 nitrogen and oxygen atoms in total. The summed E-state index contributed by atoms with van der Waals surface area (Å²) in [5.74, 6) is 1.02. The molecular weight excluding hydrogens is 338 g/mol. The number of amides is 2. The van der Waals surface area contributed by atoms with E-state index in [0.29, 0.717) is 17.4 Å². The number of nitrogens with two attached hydrogens (primary N) is 1. The zero-order valence-corrected chi connectivity index (χ0v) is 16.8. The van der Waals surface area contributed by atoms with Crippen LogP contribution >= 0.6 is 0 Å². The van der Waals surface area contributed by atoms with Crippen LogP contribution in [-0.2, 0) is 4.79 Å². The van der Waals surface area contributed by atoms with Crippen LogP contribution in [0.4, 0.5) is 5.69 Å². The summed E-state index contributed by atoms with van der Waals surface area (Å²) in [6.07, 6.45) is 6.21. The van der Waals surface area contributed by atoms with Crippen LogP contribution in [0.15, 0.2) is 24.3 Å². The summed E-state index contributed by atoms with van der Waals surface area (Å²) in [5, 5.41) is 6.05. The molecule has 2 aliphatic rings. The van der Waals surface area contributed by atoms with E-state index in [1.807, 2.05) is 20.8 Å². The Bertz CT molecular complexity index is 669. The van der Waals surface area contributed by atoms with Gasteiger partial charge in [0.25, 0.3) is 5.91 Å². The number of carbonyl (C=O) groups excluding carboxylic acids is 2. The Hall–Kier alpha value is -1.88. The highest BCUT2D eigenvalue weighted by atomic mass is 16.2. The number of anilines is 1. The number of hydrogen-bond acceptors (Lipinski definition) is 3. The van der Waals surface area contributed by atoms with Crippen LogP contribution in [0.25, 0.3) is 0 Å². The van der Waals surface area contributed by atoms with E-state index in [0.717, 1.165) is 37.8 Å². The molecule has 0 heterocycles. The zero-order valence-electron chi connectivity index (χ0n) is 16.8. The molecule has 0 radical (unpaired) electrons. The van der Waals surface area contributed by atoms with Crippen molar-refractivity contribution >= 4 is 17.5 Å². The van der Waals surface area contributed by atoms with Crippen molar-refractivity contribution in [3.63, 3.8) is 0 Å². The highest BCUT2D eigenvalue weighted by molar-refractivity contribution is 5.96. The van der Waals surface area contributed by atoms with Crippen molar-refractivity contribution in [2.75, 3.05) is 5.32 Å². The van der Waals surface area contributed by atoms with E-state index in [9.17, 15) is 9.59 Å². The molecule has 0 saturated heterocycles. The van der Waals surface area contributed by atoms with Crippen LogP contribution in [0.2, 0.25) is 0 Å². The van der Waals surface area contributed by atoms with Gasteiger partial charge in [0.05, 0.1) is 0 Å². The standard InChI is InChI=1S/C22H33N3O2/c1-4-22(2,3)25-21(27)14-8-10-18(11-9-14)24-20(26)17-12-15-6-5-7-16(13-17)19(15)23/h8-11,15-17,19H,4-7,12-13,23H2,1-3H3,(H,24,26)(H,25,27). The molecule has 2 aliphatic carbocycles. The van der Waals surface area contributed by atoms with Gasteiger partial charge in [0.1, 0.15) is 0 Å². The summed E-state index contributed by atoms with van der Waals surface area (Å²) in [6.45, 7) is 6.06. The number of rotatable bonds is 5. The first kappa shape index (κ1) is 19.9. The molecule has 1 aromatic rings. The minimum absolute atomic E-state index is 0.0495. The summed E-state index contributed by atoms with van der Waals surface area (Å²) in [7, 11) is 0. The average molecular weight is 372 g/mol. The normalized spacial score (nSPS) is 27.7. The molecule has 0 aromatic heterocycles. The van der Waals surface area contributed by atoms with E-state index in [-0.39, 0.29) is 29.3 Å². The predicted octanol–water partition coefficient (Wildman–Crippen LogP) is 3.70. The SMILES string of the molecule is CCC(C)(C)NC(=O)c1ccc(NC(=O)C2CC3CCCC(C2)C3N)cc1. The van der Waals surface area contributed by atoms with Crippen LogP contribution in [0, 0.1) is 17.8 Å². The van der Waals surface area contributed by atoms with E-state index in [1.165, 1.54) is 6.42 Å². The first-order chi connectivity index (χ1) is 12.8. The minimum Gasteiger partial charge on any atom is -0.347 e. The Morgan fingerprint density at radius 3 is 2.26 bits per heavy atom. The lowest BCUT2D eigenvalue weighted by molar-refractivity contribution is -0.122. The van der Waals surface area contributed by atoms with E-state index >= 15 is 0 Å². The molecular formula is C22H33N3O2. The molecule has 2 saturated carbocycles. The van der Waals surface area contributed by atoms with E-state index in [2.05, 4.69) is 10.6 Å². The summed E-state index contributed by atoms with van der Waals surface area (Å²) >= 11 is 0. The lowest BCUT2D eigenvalue weighted by atomic mass is 9.65. The molecule has 2 unspecified atom stereocenters. The van der Waals surface area contributed by atoms with Crippen LogP contribution < -0.4 is 16.4 Å². The fraction of sp³-hybridized carbons (Fsp3) is 0.636. The lowest BCUT2D eigenvalue weighted by Gasteiger charge is -2.43. The van der Waals surface area contributed by atoms with Gasteiger partial charge in [-0.2, -0.15) is 0 Å². The monoisotopic (exact) mass is 371 g/mol. The summed E-state index contributed by atoms with van der Waals surface area (Å²) in [5.41, 5.74) is 7.44. The van der Waals surface area contributed by atoms with E-state index in [4.69, 9.17) is 5.73 Å². The molecule has 148 valence electrons. The Labute approximate surface area is 162 Å². The topological polar surface area (TPSA) is 84.2 Å². The predicted molar refractivity (Wildman–Crippen MR) is 108 cm³/mol. The van der Waals surface area contributed by atoms with Crippen LogP contribution in [0.3, 0.4) is 0 Å². The van der Waals surface area contributed by atoms with Crippen molar-refractivity contribution < 1.29 is 9.59 Å². The molecule has 2 fully saturated rings. The van der Waals surface area contributed by atoms with Crippen molar-refractivity contribution in [1.82, 2.24) is 5.32 Å². The van der Waals surface area contributed by atoms with Crippen LogP contribution in [-0.4, -0.2) is 23.4 Å². The van der Waals surface area contributed by atoms with Crippen molar-refractivity contribution in [1.29, 1.82) is 0 Å². The smallest absolute Gasteiger partial charge is 0.251 e. The number of hydrogen-bond donors (Lipinski definition) is 3. The van der Waals surface area contributed by atoms with Gasteiger partial charge >= 0.3 is 0 Å². The van der Waals surface area contributed by atoms with E-state index in [1.54, 1.807) is 24.3 Å². The molecule has 5 heteroatoms. The second kappa shape index (κ2) is 8.01. The van der Waals surface area contributed by atoms with Crippen molar-refractivity contribution in [2.45, 2.75) is 70.9 Å². The second-order valence-corrected chi connectivity index (χ2v) is 8.95. The molecule has 0 aliphatic heterocycles. The highest BCUT2D eigenvalue weighted by Gasteiger charge is 2.40. The number of carbonyl (C=O) groups is 2. The Morgan fingerprint density at radius 1 is 1.11 bits per heavy atom. The quantitative estimate of drug-likeness (QED) is 0.738. The van der Waals surface area contributed by atoms with Gasteiger partial charge in [-0.1, -0.05) is 13.3 Å². The highest BCUT2D eigenvalue weighted by Crippen LogP contribution is 2.42. The molecule has 4 N–H and O–H groups in total. The fourth-order valence-electron chi connectivity index (χ4n) is 4.42. The maximum Gasteiger partial charge on any atom is 0.251 e. The van der Waals surface area contributed by atoms with Gasteiger partial charge in [-0.05, 0) is 82.1 Å². The molecule has 3 rings (SSSR count). The molecule has 2 atom stereocenters. The number of nitrogens with one attached hydrogen (secondary N) is 2. The van der Waals surface area contributed by atoms with Gasteiger partial charge in [-0.3, -0.25) is 9.59 Å². The summed E-state index contributed by atoms with van der Waals surface area (Å²) in [4.78, 5) is 25.1. The van der Waals surface area contributed by atoms with Crippen LogP contribution in [0.1, 0.15) is 69.7 Å². The number of benzene rings is 1. The van der Waals surface area contributed by atoms with E-state index < -0.39 is 0 Å². The van der Waals surface area contributed by atoms with Crippen molar-refractivity contribution in [3.05, 3.63) is 29.8 Å². The fourth-order valence-corrected chi connectivity index (χ4v) is 4.42. The first-order valence-corrected chi connectivity index (χ1v) is 10.3. The van der Waals surface area contributed by atoms with Crippen LogP contribution in [0.5, 0.6) is 0 Å². The second-order valence-electron chi connectivity index (χ2n) is 8.95. The average Bonchev–Trinajstić information content (AvgIpc) is 2.61. The summed E-state index contributed by atoms with van der Waals surface area (Å²) in [6, 6.07) is 7.42. The van der Waals surface area contributed by atoms with Gasteiger partial charge in [0, 0.05) is 28.7 Å². The third kappa shape index (κ3) is 4.70. The first-order valence-electron chi connectivity index (χ1n) is 10.3. The van der Waals surface area contributed by atoms with Gasteiger partial charge in [-0.15, -0.1) is 0 Å².